The predicted molar refractivity (Wildman–Crippen MR) is 116 cm³/mol. The van der Waals surface area contributed by atoms with Crippen LogP contribution in [0.25, 0.3) is 11.4 Å². The van der Waals surface area contributed by atoms with E-state index in [2.05, 4.69) is 21.6 Å². The summed E-state index contributed by atoms with van der Waals surface area (Å²) in [6, 6.07) is 13.2. The molecule has 0 radical (unpaired) electrons. The van der Waals surface area contributed by atoms with E-state index in [-0.39, 0.29) is 17.6 Å². The van der Waals surface area contributed by atoms with Crippen LogP contribution in [0.15, 0.2) is 52.2 Å². The maximum atomic E-state index is 12.5. The summed E-state index contributed by atoms with van der Waals surface area (Å²) in [6.45, 7) is 5.94. The van der Waals surface area contributed by atoms with Crippen LogP contribution in [0.1, 0.15) is 26.5 Å². The second kappa shape index (κ2) is 9.37. The molecule has 1 aromatic carbocycles. The quantitative estimate of drug-likeness (QED) is 0.518. The average molecular weight is 444 g/mol. The molecule has 0 spiro atoms. The van der Waals surface area contributed by atoms with Gasteiger partial charge in [0, 0.05) is 10.6 Å². The maximum absolute atomic E-state index is 12.5. The van der Waals surface area contributed by atoms with Crippen LogP contribution in [0.3, 0.4) is 0 Å². The van der Waals surface area contributed by atoms with E-state index in [0.717, 1.165) is 11.3 Å². The van der Waals surface area contributed by atoms with Crippen molar-refractivity contribution in [1.29, 1.82) is 5.26 Å². The first kappa shape index (κ1) is 21.9. The minimum atomic E-state index is -0.923. The van der Waals surface area contributed by atoms with E-state index in [9.17, 15) is 10.1 Å². The Hall–Kier alpha value is -2.76. The first-order chi connectivity index (χ1) is 14.3. The van der Waals surface area contributed by atoms with Crippen LogP contribution in [-0.2, 0) is 11.3 Å². The van der Waals surface area contributed by atoms with E-state index in [0.29, 0.717) is 22.5 Å². The second-order valence-electron chi connectivity index (χ2n) is 7.28. The van der Waals surface area contributed by atoms with Gasteiger partial charge < -0.3 is 9.73 Å². The van der Waals surface area contributed by atoms with E-state index in [1.807, 2.05) is 42.7 Å². The van der Waals surface area contributed by atoms with E-state index in [4.69, 9.17) is 16.0 Å². The number of carbonyl (C=O) groups excluding carboxylic acids is 1. The molecule has 0 aliphatic carbocycles. The van der Waals surface area contributed by atoms with Crippen molar-refractivity contribution < 1.29 is 9.21 Å². The first-order valence-corrected chi connectivity index (χ1v) is 10.8. The summed E-state index contributed by atoms with van der Waals surface area (Å²) in [5, 5.41) is 22.0. The zero-order chi connectivity index (χ0) is 21.7. The fourth-order valence-electron chi connectivity index (χ4n) is 2.67. The Morgan fingerprint density at radius 3 is 2.67 bits per heavy atom. The lowest BCUT2D eigenvalue weighted by atomic mass is 9.90. The average Bonchev–Trinajstić information content (AvgIpc) is 3.37. The molecule has 0 bridgehead atoms. The van der Waals surface area contributed by atoms with E-state index in [1.165, 1.54) is 11.8 Å². The molecule has 0 saturated heterocycles. The van der Waals surface area contributed by atoms with Crippen molar-refractivity contribution in [2.75, 3.05) is 5.75 Å². The van der Waals surface area contributed by atoms with Crippen LogP contribution < -0.4 is 5.32 Å². The lowest BCUT2D eigenvalue weighted by molar-refractivity contribution is -0.120. The Bertz CT molecular complexity index is 1040. The standard InChI is InChI=1S/C21H22ClN5O2S/c1-14(2)21(3,13-23)24-18(28)12-30-20-26-25-19(15-6-8-16(22)9-7-15)27(20)11-17-5-4-10-29-17/h4-10,14H,11-12H2,1-3H3,(H,24,28). The number of furan rings is 1. The van der Waals surface area contributed by atoms with Crippen LogP contribution >= 0.6 is 23.4 Å². The highest BCUT2D eigenvalue weighted by molar-refractivity contribution is 7.99. The molecule has 3 rings (SSSR count). The monoisotopic (exact) mass is 443 g/mol. The lowest BCUT2D eigenvalue weighted by Crippen LogP contribution is -2.49. The van der Waals surface area contributed by atoms with Gasteiger partial charge in [0.05, 0.1) is 24.6 Å². The molecule has 1 atom stereocenters. The number of carbonyl (C=O) groups is 1. The number of aromatic nitrogens is 3. The maximum Gasteiger partial charge on any atom is 0.231 e. The number of hydrogen-bond donors (Lipinski definition) is 1. The number of hydrogen-bond acceptors (Lipinski definition) is 6. The number of thioether (sulfide) groups is 1. The van der Waals surface area contributed by atoms with Crippen molar-refractivity contribution in [2.45, 2.75) is 38.0 Å². The molecule has 1 N–H and O–H groups in total. The predicted octanol–water partition coefficient (Wildman–Crippen LogP) is 4.39. The Balaban J connectivity index is 1.81. The van der Waals surface area contributed by atoms with E-state index in [1.54, 1.807) is 25.3 Å². The van der Waals surface area contributed by atoms with Gasteiger partial charge in [-0.05, 0) is 49.2 Å². The zero-order valence-electron chi connectivity index (χ0n) is 16.9. The summed E-state index contributed by atoms with van der Waals surface area (Å²) in [6.07, 6.45) is 1.61. The van der Waals surface area contributed by atoms with Gasteiger partial charge >= 0.3 is 0 Å². The minimum absolute atomic E-state index is 0.0180. The highest BCUT2D eigenvalue weighted by atomic mass is 35.5. The van der Waals surface area contributed by atoms with Crippen LogP contribution in [0.5, 0.6) is 0 Å². The molecule has 0 aliphatic rings. The van der Waals surface area contributed by atoms with Gasteiger partial charge in [0.2, 0.25) is 5.91 Å². The topological polar surface area (TPSA) is 96.7 Å². The van der Waals surface area contributed by atoms with Gasteiger partial charge in [0.25, 0.3) is 0 Å². The van der Waals surface area contributed by atoms with Gasteiger partial charge in [-0.25, -0.2) is 0 Å². The third-order valence-corrected chi connectivity index (χ3v) is 6.05. The van der Waals surface area contributed by atoms with Gasteiger partial charge in [0.1, 0.15) is 11.3 Å². The van der Waals surface area contributed by atoms with Crippen molar-refractivity contribution >= 4 is 29.3 Å². The molecule has 1 amide bonds. The zero-order valence-corrected chi connectivity index (χ0v) is 18.5. The molecule has 0 fully saturated rings. The fraction of sp³-hybridized carbons (Fsp3) is 0.333. The van der Waals surface area contributed by atoms with Crippen molar-refractivity contribution in [3.05, 3.63) is 53.4 Å². The van der Waals surface area contributed by atoms with Gasteiger partial charge in [-0.2, -0.15) is 5.26 Å². The number of nitrogens with one attached hydrogen (secondary N) is 1. The van der Waals surface area contributed by atoms with Gasteiger partial charge in [-0.3, -0.25) is 9.36 Å². The molecular formula is C21H22ClN5O2S. The first-order valence-electron chi connectivity index (χ1n) is 9.39. The molecular weight excluding hydrogens is 422 g/mol. The Kier molecular flexibility index (Phi) is 6.85. The highest BCUT2D eigenvalue weighted by Crippen LogP contribution is 2.26. The third-order valence-electron chi connectivity index (χ3n) is 4.83. The summed E-state index contributed by atoms with van der Waals surface area (Å²) in [5.74, 6) is 1.25. The van der Waals surface area contributed by atoms with Crippen LogP contribution in [0.2, 0.25) is 5.02 Å². The number of nitrogens with zero attached hydrogens (tertiary/aromatic N) is 4. The largest absolute Gasteiger partial charge is 0.467 e. The number of amides is 1. The van der Waals surface area contributed by atoms with E-state index >= 15 is 0 Å². The number of benzene rings is 1. The molecule has 2 aromatic heterocycles. The molecule has 0 aliphatic heterocycles. The Labute approximate surface area is 184 Å². The van der Waals surface area contributed by atoms with Crippen LogP contribution in [0.4, 0.5) is 0 Å². The second-order valence-corrected chi connectivity index (χ2v) is 8.66. The van der Waals surface area contributed by atoms with Gasteiger partial charge in [-0.1, -0.05) is 37.2 Å². The smallest absolute Gasteiger partial charge is 0.231 e. The molecule has 156 valence electrons. The SMILES string of the molecule is CC(C)C(C)(C#N)NC(=O)CSc1nnc(-c2ccc(Cl)cc2)n1Cc1ccco1. The third kappa shape index (κ3) is 5.04. The molecule has 2 heterocycles. The molecule has 30 heavy (non-hydrogen) atoms. The van der Waals surface area contributed by atoms with Gasteiger partial charge in [0.15, 0.2) is 11.0 Å². The normalized spacial score (nSPS) is 13.1. The Morgan fingerprint density at radius 1 is 1.33 bits per heavy atom. The van der Waals surface area contributed by atoms with Crippen molar-refractivity contribution in [1.82, 2.24) is 20.1 Å². The number of halogens is 1. The van der Waals surface area contributed by atoms with Crippen LogP contribution in [0, 0.1) is 17.2 Å². The summed E-state index contributed by atoms with van der Waals surface area (Å²) in [7, 11) is 0. The highest BCUT2D eigenvalue weighted by Gasteiger charge is 2.30. The van der Waals surface area contributed by atoms with Crippen molar-refractivity contribution in [3.8, 4) is 17.5 Å². The molecule has 0 saturated carbocycles. The fourth-order valence-corrected chi connectivity index (χ4v) is 3.53. The molecule has 1 unspecified atom stereocenters. The lowest BCUT2D eigenvalue weighted by Gasteiger charge is -2.27. The minimum Gasteiger partial charge on any atom is -0.467 e. The summed E-state index contributed by atoms with van der Waals surface area (Å²) in [4.78, 5) is 12.5. The molecule has 9 heteroatoms. The van der Waals surface area contributed by atoms with Crippen molar-refractivity contribution in [3.63, 3.8) is 0 Å². The summed E-state index contributed by atoms with van der Waals surface area (Å²) >= 11 is 7.26. The van der Waals surface area contributed by atoms with E-state index < -0.39 is 5.54 Å². The Morgan fingerprint density at radius 2 is 2.07 bits per heavy atom. The molecule has 7 nitrogen and oxygen atoms in total. The number of rotatable bonds is 8. The summed E-state index contributed by atoms with van der Waals surface area (Å²) in [5.41, 5.74) is -0.0693. The van der Waals surface area contributed by atoms with Crippen molar-refractivity contribution in [2.24, 2.45) is 5.92 Å². The number of nitriles is 1. The summed E-state index contributed by atoms with van der Waals surface area (Å²) < 4.78 is 7.38. The van der Waals surface area contributed by atoms with Crippen LogP contribution in [-0.4, -0.2) is 32.0 Å². The molecule has 3 aromatic rings. The van der Waals surface area contributed by atoms with Gasteiger partial charge in [-0.15, -0.1) is 10.2 Å².